The van der Waals surface area contributed by atoms with Gasteiger partial charge in [-0.1, -0.05) is 0 Å². The van der Waals surface area contributed by atoms with Gasteiger partial charge in [0.1, 0.15) is 0 Å². The Morgan fingerprint density at radius 1 is 1.53 bits per heavy atom. The molecule has 0 spiro atoms. The van der Waals surface area contributed by atoms with E-state index in [1.54, 1.807) is 11.3 Å². The minimum Gasteiger partial charge on any atom is -0.396 e. The first kappa shape index (κ1) is 14.7. The third kappa shape index (κ3) is 3.65. The molecule has 3 nitrogen and oxygen atoms in total. The molecule has 0 bridgehead atoms. The second kappa shape index (κ2) is 6.64. The maximum atomic E-state index is 12.4. The molecule has 4 heteroatoms. The number of carbonyl (C=O) groups excluding carboxylic acids is 1. The Balaban J connectivity index is 1.96. The number of thiophene rings is 1. The van der Waals surface area contributed by atoms with Crippen LogP contribution in [0.4, 0.5) is 0 Å². The van der Waals surface area contributed by atoms with E-state index in [2.05, 4.69) is 4.90 Å². The van der Waals surface area contributed by atoms with E-state index in [1.165, 1.54) is 11.3 Å². The summed E-state index contributed by atoms with van der Waals surface area (Å²) in [5, 5.41) is 8.93. The number of nitrogens with zero attached hydrogens (tertiary/aromatic N) is 1. The molecule has 1 aromatic heterocycles. The quantitative estimate of drug-likeness (QED) is 0.815. The van der Waals surface area contributed by atoms with Crippen LogP contribution in [0.2, 0.25) is 0 Å². The Labute approximate surface area is 119 Å². The lowest BCUT2D eigenvalue weighted by Crippen LogP contribution is -2.34. The van der Waals surface area contributed by atoms with Crippen molar-refractivity contribution in [1.29, 1.82) is 0 Å². The third-order valence-corrected chi connectivity index (χ3v) is 4.85. The van der Waals surface area contributed by atoms with Gasteiger partial charge >= 0.3 is 0 Å². The van der Waals surface area contributed by atoms with Crippen LogP contribution in [0.25, 0.3) is 0 Å². The van der Waals surface area contributed by atoms with Crippen LogP contribution >= 0.6 is 11.3 Å². The van der Waals surface area contributed by atoms with E-state index >= 15 is 0 Å². The van der Waals surface area contributed by atoms with Crippen molar-refractivity contribution in [1.82, 2.24) is 4.90 Å². The van der Waals surface area contributed by atoms with Crippen molar-refractivity contribution >= 4 is 17.1 Å². The van der Waals surface area contributed by atoms with Crippen molar-refractivity contribution in [2.24, 2.45) is 0 Å². The van der Waals surface area contributed by atoms with Crippen molar-refractivity contribution in [3.8, 4) is 0 Å². The van der Waals surface area contributed by atoms with Gasteiger partial charge in [-0.15, -0.1) is 11.3 Å². The van der Waals surface area contributed by atoms with Crippen LogP contribution in [0.3, 0.4) is 0 Å². The highest BCUT2D eigenvalue weighted by Gasteiger charge is 2.26. The number of Topliss-reactive ketones (excluding diaryl/α,β-unsaturated/α-hetero) is 1. The number of carbonyl (C=O) groups is 1. The van der Waals surface area contributed by atoms with E-state index < -0.39 is 0 Å². The van der Waals surface area contributed by atoms with E-state index in [0.717, 1.165) is 36.2 Å². The Morgan fingerprint density at radius 2 is 2.32 bits per heavy atom. The number of aliphatic hydroxyl groups excluding tert-OH is 1. The molecule has 106 valence electrons. The van der Waals surface area contributed by atoms with Gasteiger partial charge in [-0.05, 0) is 52.1 Å². The van der Waals surface area contributed by atoms with E-state index in [0.29, 0.717) is 12.6 Å². The summed E-state index contributed by atoms with van der Waals surface area (Å²) in [5.41, 5.74) is 0.898. The van der Waals surface area contributed by atoms with Gasteiger partial charge < -0.3 is 5.11 Å². The smallest absolute Gasteiger partial charge is 0.177 e. The van der Waals surface area contributed by atoms with E-state index in [4.69, 9.17) is 5.11 Å². The van der Waals surface area contributed by atoms with Crippen LogP contribution in [-0.2, 0) is 0 Å². The van der Waals surface area contributed by atoms with Crippen molar-refractivity contribution < 1.29 is 9.90 Å². The summed E-state index contributed by atoms with van der Waals surface area (Å²) in [6.07, 6.45) is 4.18. The molecule has 1 aliphatic heterocycles. The highest BCUT2D eigenvalue weighted by Crippen LogP contribution is 2.24. The van der Waals surface area contributed by atoms with Gasteiger partial charge in [0, 0.05) is 28.0 Å². The van der Waals surface area contributed by atoms with Gasteiger partial charge in [0.2, 0.25) is 0 Å². The fourth-order valence-electron chi connectivity index (χ4n) is 2.93. The second-order valence-electron chi connectivity index (χ2n) is 5.38. The number of aliphatic hydroxyl groups is 1. The largest absolute Gasteiger partial charge is 0.396 e. The molecule has 19 heavy (non-hydrogen) atoms. The molecule has 0 aromatic carbocycles. The summed E-state index contributed by atoms with van der Waals surface area (Å²) in [6.45, 7) is 5.88. The van der Waals surface area contributed by atoms with Crippen molar-refractivity contribution in [2.75, 3.05) is 19.7 Å². The Hall–Kier alpha value is -0.710. The van der Waals surface area contributed by atoms with Gasteiger partial charge in [0.15, 0.2) is 5.78 Å². The van der Waals surface area contributed by atoms with Gasteiger partial charge in [-0.2, -0.15) is 0 Å². The first-order chi connectivity index (χ1) is 9.11. The lowest BCUT2D eigenvalue weighted by molar-refractivity contribution is 0.0915. The van der Waals surface area contributed by atoms with Crippen molar-refractivity contribution in [3.63, 3.8) is 0 Å². The average Bonchev–Trinajstić information content (AvgIpc) is 2.93. The predicted octanol–water partition coefficient (Wildman–Crippen LogP) is 2.78. The van der Waals surface area contributed by atoms with Gasteiger partial charge in [0.05, 0.1) is 6.54 Å². The summed E-state index contributed by atoms with van der Waals surface area (Å²) in [6, 6.07) is 2.50. The summed E-state index contributed by atoms with van der Waals surface area (Å²) in [4.78, 5) is 17.0. The van der Waals surface area contributed by atoms with Crippen LogP contribution in [-0.4, -0.2) is 41.5 Å². The topological polar surface area (TPSA) is 40.5 Å². The molecular weight excluding hydrogens is 258 g/mol. The molecule has 2 rings (SSSR count). The minimum atomic E-state index is 0.248. The van der Waals surface area contributed by atoms with E-state index in [-0.39, 0.29) is 12.4 Å². The molecule has 1 fully saturated rings. The average molecular weight is 281 g/mol. The zero-order chi connectivity index (χ0) is 13.8. The Morgan fingerprint density at radius 3 is 2.95 bits per heavy atom. The molecular formula is C15H23NO2S. The Kier molecular flexibility index (Phi) is 5.13. The molecule has 0 aliphatic carbocycles. The lowest BCUT2D eigenvalue weighted by Gasteiger charge is -2.23. The second-order valence-corrected chi connectivity index (χ2v) is 6.84. The van der Waals surface area contributed by atoms with Crippen LogP contribution in [0.5, 0.6) is 0 Å². The molecule has 1 atom stereocenters. The monoisotopic (exact) mass is 281 g/mol. The number of ketones is 1. The zero-order valence-corrected chi connectivity index (χ0v) is 12.6. The maximum absolute atomic E-state index is 12.4. The zero-order valence-electron chi connectivity index (χ0n) is 11.8. The molecule has 1 saturated heterocycles. The fraction of sp³-hybridized carbons (Fsp3) is 0.667. The summed E-state index contributed by atoms with van der Waals surface area (Å²) in [5.74, 6) is 0.248. The Bertz CT molecular complexity index is 441. The maximum Gasteiger partial charge on any atom is 0.177 e. The highest BCUT2D eigenvalue weighted by molar-refractivity contribution is 7.12. The van der Waals surface area contributed by atoms with Crippen LogP contribution in [0.15, 0.2) is 6.07 Å². The van der Waals surface area contributed by atoms with Crippen LogP contribution < -0.4 is 0 Å². The summed E-state index contributed by atoms with van der Waals surface area (Å²) < 4.78 is 0. The van der Waals surface area contributed by atoms with Crippen LogP contribution in [0, 0.1) is 13.8 Å². The van der Waals surface area contributed by atoms with Gasteiger partial charge in [0.25, 0.3) is 0 Å². The number of aryl methyl sites for hydroxylation is 2. The number of likely N-dealkylation sites (tertiary alicyclic amines) is 1. The molecule has 1 unspecified atom stereocenters. The van der Waals surface area contributed by atoms with Gasteiger partial charge in [-0.3, -0.25) is 9.69 Å². The standard InChI is InChI=1S/C15H23NO2S/c1-11-9-14(12(2)19-11)15(18)10-16-7-3-5-13(16)6-4-8-17/h9,13,17H,3-8,10H2,1-2H3. The summed E-state index contributed by atoms with van der Waals surface area (Å²) in [7, 11) is 0. The molecule has 0 saturated carbocycles. The van der Waals surface area contributed by atoms with Crippen LogP contribution in [0.1, 0.15) is 45.8 Å². The van der Waals surface area contributed by atoms with Crippen molar-refractivity contribution in [3.05, 3.63) is 21.4 Å². The SMILES string of the molecule is Cc1cc(C(=O)CN2CCCC2CCCO)c(C)s1. The molecule has 0 radical (unpaired) electrons. The van der Waals surface area contributed by atoms with Gasteiger partial charge in [-0.25, -0.2) is 0 Å². The molecule has 2 heterocycles. The van der Waals surface area contributed by atoms with E-state index in [1.807, 2.05) is 19.9 Å². The lowest BCUT2D eigenvalue weighted by atomic mass is 10.1. The third-order valence-electron chi connectivity index (χ3n) is 3.88. The number of hydrogen-bond acceptors (Lipinski definition) is 4. The molecule has 1 aromatic rings. The van der Waals surface area contributed by atoms with Crippen molar-refractivity contribution in [2.45, 2.75) is 45.6 Å². The first-order valence-electron chi connectivity index (χ1n) is 7.07. The molecule has 1 aliphatic rings. The van der Waals surface area contributed by atoms with E-state index in [9.17, 15) is 4.79 Å². The minimum absolute atomic E-state index is 0.248. The fourth-order valence-corrected chi connectivity index (χ4v) is 3.88. The first-order valence-corrected chi connectivity index (χ1v) is 7.88. The predicted molar refractivity (Wildman–Crippen MR) is 79.0 cm³/mol. The summed E-state index contributed by atoms with van der Waals surface area (Å²) >= 11 is 1.70. The number of rotatable bonds is 6. The molecule has 1 N–H and O–H groups in total. The normalized spacial score (nSPS) is 20.1. The molecule has 0 amide bonds. The highest BCUT2D eigenvalue weighted by atomic mass is 32.1. The number of hydrogen-bond donors (Lipinski definition) is 1.